The fourth-order valence-electron chi connectivity index (χ4n) is 5.64. The van der Waals surface area contributed by atoms with Gasteiger partial charge in [0.1, 0.15) is 0 Å². The van der Waals surface area contributed by atoms with Crippen LogP contribution in [-0.4, -0.2) is 0 Å². The Labute approximate surface area is 171 Å². The molecule has 0 aromatic heterocycles. The lowest BCUT2D eigenvalue weighted by atomic mass is 9.68. The Bertz CT molecular complexity index is 625. The van der Waals surface area contributed by atoms with Crippen molar-refractivity contribution in [3.63, 3.8) is 0 Å². The molecule has 2 heteroatoms. The Morgan fingerprint density at radius 1 is 0.857 bits per heavy atom. The highest BCUT2D eigenvalue weighted by atomic mass is 19.1. The molecule has 152 valence electrons. The minimum Gasteiger partial charge on any atom is -0.216 e. The summed E-state index contributed by atoms with van der Waals surface area (Å²) in [5.41, 5.74) is 2.20. The second-order valence-corrected chi connectivity index (χ2v) is 9.13. The van der Waals surface area contributed by atoms with Gasteiger partial charge in [0.05, 0.1) is 18.0 Å². The van der Waals surface area contributed by atoms with Crippen LogP contribution in [0.1, 0.15) is 101 Å². The lowest BCUT2D eigenvalue weighted by Crippen LogP contribution is -2.25. The molecule has 0 unspecified atom stereocenters. The van der Waals surface area contributed by atoms with Crippen molar-refractivity contribution in [2.75, 3.05) is 0 Å². The molecule has 0 saturated heterocycles. The van der Waals surface area contributed by atoms with Crippen LogP contribution >= 0.6 is 0 Å². The van der Waals surface area contributed by atoms with Crippen molar-refractivity contribution in [3.8, 4) is 6.07 Å². The smallest absolute Gasteiger partial charge is 0.0991 e. The van der Waals surface area contributed by atoms with Gasteiger partial charge in [-0.05, 0) is 92.7 Å². The van der Waals surface area contributed by atoms with Gasteiger partial charge >= 0.3 is 0 Å². The van der Waals surface area contributed by atoms with E-state index in [1.807, 2.05) is 12.1 Å². The molecule has 0 heterocycles. The van der Waals surface area contributed by atoms with Crippen molar-refractivity contribution in [1.82, 2.24) is 0 Å². The highest BCUT2D eigenvalue weighted by molar-refractivity contribution is 5.33. The van der Waals surface area contributed by atoms with Gasteiger partial charge in [0.2, 0.25) is 0 Å². The van der Waals surface area contributed by atoms with Crippen LogP contribution in [0.25, 0.3) is 0 Å². The molecule has 0 aliphatic heterocycles. The zero-order chi connectivity index (χ0) is 19.6. The molecule has 1 nitrogen and oxygen atoms in total. The lowest BCUT2D eigenvalue weighted by molar-refractivity contribution is 0.155. The number of hydrogen-bond donors (Lipinski definition) is 0. The van der Waals surface area contributed by atoms with Gasteiger partial charge in [-0.2, -0.15) is 5.26 Å². The normalized spacial score (nSPS) is 28.3. The molecule has 0 bridgehead atoms. The first-order chi connectivity index (χ1) is 13.8. The average Bonchev–Trinajstić information content (AvgIpc) is 2.77. The third-order valence-electron chi connectivity index (χ3n) is 7.41. The highest BCUT2D eigenvalue weighted by Crippen LogP contribution is 2.44. The number of unbranched alkanes of at least 4 members (excludes halogenated alkanes) is 3. The summed E-state index contributed by atoms with van der Waals surface area (Å²) in [5.74, 6) is 3.56. The van der Waals surface area contributed by atoms with E-state index in [1.165, 1.54) is 76.2 Å². The zero-order valence-electron chi connectivity index (χ0n) is 17.3. The van der Waals surface area contributed by atoms with E-state index in [1.54, 1.807) is 6.08 Å². The van der Waals surface area contributed by atoms with E-state index in [-0.39, 0.29) is 0 Å². The Kier molecular flexibility index (Phi) is 8.59. The molecule has 0 atom stereocenters. The van der Waals surface area contributed by atoms with E-state index in [0.29, 0.717) is 12.2 Å². The lowest BCUT2D eigenvalue weighted by Gasteiger charge is -2.38. The molecule has 0 amide bonds. The van der Waals surface area contributed by atoms with Crippen LogP contribution in [-0.2, 0) is 0 Å². The maximum atomic E-state index is 11.9. The summed E-state index contributed by atoms with van der Waals surface area (Å²) in [6.07, 6.45) is 19.5. The summed E-state index contributed by atoms with van der Waals surface area (Å²) in [6, 6.07) is 10.5. The quantitative estimate of drug-likeness (QED) is 0.418. The average molecular weight is 382 g/mol. The number of hydrogen-bond acceptors (Lipinski definition) is 1. The first-order valence-corrected chi connectivity index (χ1v) is 11.6. The number of nitrogens with zero attached hydrogens (tertiary/aromatic N) is 1. The Balaban J connectivity index is 1.33. The molecule has 2 aliphatic carbocycles. The van der Waals surface area contributed by atoms with Gasteiger partial charge in [-0.1, -0.05) is 50.3 Å². The predicted octanol–water partition coefficient (Wildman–Crippen LogP) is 8.07. The largest absolute Gasteiger partial charge is 0.216 e. The molecule has 1 aromatic carbocycles. The van der Waals surface area contributed by atoms with Crippen LogP contribution in [0.3, 0.4) is 0 Å². The van der Waals surface area contributed by atoms with Crippen LogP contribution in [0, 0.1) is 29.1 Å². The van der Waals surface area contributed by atoms with Gasteiger partial charge in [0.15, 0.2) is 0 Å². The van der Waals surface area contributed by atoms with Gasteiger partial charge < -0.3 is 0 Å². The summed E-state index contributed by atoms with van der Waals surface area (Å²) < 4.78 is 11.9. The van der Waals surface area contributed by atoms with Crippen LogP contribution in [0.4, 0.5) is 4.39 Å². The number of benzene rings is 1. The number of nitriles is 1. The Morgan fingerprint density at radius 2 is 1.50 bits per heavy atom. The monoisotopic (exact) mass is 381 g/mol. The van der Waals surface area contributed by atoms with Crippen molar-refractivity contribution >= 4 is 0 Å². The maximum absolute atomic E-state index is 11.9. The van der Waals surface area contributed by atoms with Crippen molar-refractivity contribution in [1.29, 1.82) is 5.26 Å². The van der Waals surface area contributed by atoms with Crippen molar-refractivity contribution in [2.45, 2.75) is 89.4 Å². The first kappa shape index (κ1) is 21.1. The second kappa shape index (κ2) is 11.4. The third kappa shape index (κ3) is 6.20. The van der Waals surface area contributed by atoms with Gasteiger partial charge in [-0.15, -0.1) is 0 Å². The van der Waals surface area contributed by atoms with Gasteiger partial charge in [0.25, 0.3) is 0 Å². The van der Waals surface area contributed by atoms with E-state index in [9.17, 15) is 4.39 Å². The molecule has 28 heavy (non-hydrogen) atoms. The molecule has 2 fully saturated rings. The van der Waals surface area contributed by atoms with E-state index >= 15 is 0 Å². The van der Waals surface area contributed by atoms with Gasteiger partial charge in [-0.25, -0.2) is 4.39 Å². The van der Waals surface area contributed by atoms with Crippen molar-refractivity contribution in [3.05, 3.63) is 47.8 Å². The van der Waals surface area contributed by atoms with E-state index in [2.05, 4.69) is 18.2 Å². The first-order valence-electron chi connectivity index (χ1n) is 11.6. The molecular weight excluding hydrogens is 345 g/mol. The van der Waals surface area contributed by atoms with Crippen molar-refractivity contribution < 1.29 is 4.39 Å². The van der Waals surface area contributed by atoms with Gasteiger partial charge in [0, 0.05) is 0 Å². The van der Waals surface area contributed by atoms with E-state index < -0.39 is 0 Å². The number of allylic oxidation sites excluding steroid dienone is 1. The summed E-state index contributed by atoms with van der Waals surface area (Å²) in [4.78, 5) is 0. The molecule has 0 spiro atoms. The fraction of sp³-hybridized carbons (Fsp3) is 0.654. The minimum absolute atomic E-state index is 0.680. The molecule has 3 rings (SSSR count). The summed E-state index contributed by atoms with van der Waals surface area (Å²) in [5, 5.41) is 8.96. The van der Waals surface area contributed by atoms with Crippen LogP contribution < -0.4 is 0 Å². The number of halogens is 1. The standard InChI is InChI=1S/C26H36FN/c27-19-5-3-1-2-4-6-21-7-11-23(12-8-21)25-15-17-26(18-16-25)24-13-9-22(20-28)10-14-24/h5,9-10,13-14,19,21,23,25-26H,1-4,6-8,11-12,15-18H2/t21-,23-,25-,26-. The van der Waals surface area contributed by atoms with Crippen molar-refractivity contribution in [2.24, 2.45) is 17.8 Å². The second-order valence-electron chi connectivity index (χ2n) is 9.13. The van der Waals surface area contributed by atoms with E-state index in [4.69, 9.17) is 5.26 Å². The van der Waals surface area contributed by atoms with Gasteiger partial charge in [-0.3, -0.25) is 0 Å². The zero-order valence-corrected chi connectivity index (χ0v) is 17.3. The Morgan fingerprint density at radius 3 is 2.11 bits per heavy atom. The summed E-state index contributed by atoms with van der Waals surface area (Å²) in [7, 11) is 0. The Hall–Kier alpha value is -1.62. The third-order valence-corrected chi connectivity index (χ3v) is 7.41. The predicted molar refractivity (Wildman–Crippen MR) is 115 cm³/mol. The van der Waals surface area contributed by atoms with Crippen LogP contribution in [0.5, 0.6) is 0 Å². The topological polar surface area (TPSA) is 23.8 Å². The SMILES string of the molecule is N#Cc1ccc([C@H]2CC[C@H]([C@H]3CC[C@H](CCCCCC=CF)CC3)CC2)cc1. The highest BCUT2D eigenvalue weighted by Gasteiger charge is 2.31. The summed E-state index contributed by atoms with van der Waals surface area (Å²) >= 11 is 0. The number of rotatable bonds is 8. The summed E-state index contributed by atoms with van der Waals surface area (Å²) in [6.45, 7) is 0. The maximum Gasteiger partial charge on any atom is 0.0991 e. The van der Waals surface area contributed by atoms with Crippen LogP contribution in [0.2, 0.25) is 0 Å². The molecule has 0 N–H and O–H groups in total. The molecule has 1 aromatic rings. The van der Waals surface area contributed by atoms with E-state index in [0.717, 1.165) is 36.2 Å². The molecular formula is C26H36FN. The van der Waals surface area contributed by atoms with Crippen LogP contribution in [0.15, 0.2) is 36.7 Å². The molecule has 0 radical (unpaired) electrons. The fourth-order valence-corrected chi connectivity index (χ4v) is 5.64. The minimum atomic E-state index is 0.680. The molecule has 2 aliphatic rings. The molecule has 2 saturated carbocycles.